The first-order valence-corrected chi connectivity index (χ1v) is 15.1. The van der Waals surface area contributed by atoms with Crippen molar-refractivity contribution >= 4 is 28.6 Å². The summed E-state index contributed by atoms with van der Waals surface area (Å²) >= 11 is 0. The van der Waals surface area contributed by atoms with Gasteiger partial charge in [-0.05, 0) is 80.1 Å². The van der Waals surface area contributed by atoms with Crippen molar-refractivity contribution in [2.45, 2.75) is 76.3 Å². The highest BCUT2D eigenvalue weighted by molar-refractivity contribution is 6.05. The van der Waals surface area contributed by atoms with Gasteiger partial charge in [0, 0.05) is 61.8 Å². The number of carbonyl (C=O) groups excluding carboxylic acids is 3. The van der Waals surface area contributed by atoms with Gasteiger partial charge in [0.05, 0.1) is 11.6 Å². The lowest BCUT2D eigenvalue weighted by Gasteiger charge is -2.29. The van der Waals surface area contributed by atoms with Gasteiger partial charge in [-0.2, -0.15) is 0 Å². The van der Waals surface area contributed by atoms with Crippen LogP contribution in [-0.2, 0) is 27.4 Å². The number of rotatable bonds is 6. The summed E-state index contributed by atoms with van der Waals surface area (Å²) in [4.78, 5) is 45.8. The quantitative estimate of drug-likeness (QED) is 0.450. The lowest BCUT2D eigenvalue weighted by molar-refractivity contribution is -0.136. The number of fused-ring (bicyclic) bond motifs is 2. The summed E-state index contributed by atoms with van der Waals surface area (Å²) in [5.41, 5.74) is 4.94. The number of aromatic nitrogens is 1. The van der Waals surface area contributed by atoms with Crippen molar-refractivity contribution in [2.24, 2.45) is 0 Å². The minimum atomic E-state index is -0.612. The molecule has 1 aromatic heterocycles. The highest BCUT2D eigenvalue weighted by Gasteiger charge is 2.39. The van der Waals surface area contributed by atoms with E-state index in [1.54, 1.807) is 11.0 Å². The third kappa shape index (κ3) is 5.39. The van der Waals surface area contributed by atoms with Crippen molar-refractivity contribution in [3.63, 3.8) is 0 Å². The van der Waals surface area contributed by atoms with Crippen molar-refractivity contribution in [2.75, 3.05) is 19.7 Å². The van der Waals surface area contributed by atoms with E-state index in [9.17, 15) is 14.4 Å². The third-order valence-corrected chi connectivity index (χ3v) is 9.11. The highest BCUT2D eigenvalue weighted by Crippen LogP contribution is 2.32. The second-order valence-electron chi connectivity index (χ2n) is 12.1. The zero-order chi connectivity index (χ0) is 28.8. The van der Waals surface area contributed by atoms with Crippen molar-refractivity contribution in [3.05, 3.63) is 70.9 Å². The van der Waals surface area contributed by atoms with Crippen LogP contribution in [0.1, 0.15) is 72.1 Å². The first-order chi connectivity index (χ1) is 20.4. The lowest BCUT2D eigenvalue weighted by atomic mass is 9.92. The van der Waals surface area contributed by atoms with E-state index in [4.69, 9.17) is 14.5 Å². The van der Waals surface area contributed by atoms with E-state index in [-0.39, 0.29) is 24.3 Å². The molecule has 9 heteroatoms. The SMILES string of the molecule is C[C@@H]1CC(c2ccc3cc(CN4CC[C@H](Oc5ccc6c(c5)CN(C5CCC(=O)NC5=O)C6=O)C4)ccc3n2)CCO1. The predicted octanol–water partition coefficient (Wildman–Crippen LogP) is 3.93. The summed E-state index contributed by atoms with van der Waals surface area (Å²) in [6, 6.07) is 15.9. The number of hydrogen-bond acceptors (Lipinski definition) is 7. The zero-order valence-corrected chi connectivity index (χ0v) is 23.9. The molecular formula is C33H36N4O5. The van der Waals surface area contributed by atoms with Crippen LogP contribution >= 0.6 is 0 Å². The molecule has 0 radical (unpaired) electrons. The first kappa shape index (κ1) is 27.0. The molecule has 0 saturated carbocycles. The van der Waals surface area contributed by atoms with Gasteiger partial charge in [0.25, 0.3) is 5.91 Å². The van der Waals surface area contributed by atoms with E-state index in [1.165, 1.54) is 16.6 Å². The molecule has 0 aliphatic carbocycles. The zero-order valence-electron chi connectivity index (χ0n) is 23.9. The van der Waals surface area contributed by atoms with E-state index >= 15 is 0 Å². The van der Waals surface area contributed by atoms with E-state index in [0.717, 1.165) is 62.3 Å². The summed E-state index contributed by atoms with van der Waals surface area (Å²) in [5.74, 6) is 0.360. The van der Waals surface area contributed by atoms with Crippen LogP contribution in [-0.4, -0.2) is 70.5 Å². The van der Waals surface area contributed by atoms with Gasteiger partial charge in [0.2, 0.25) is 11.8 Å². The molecule has 42 heavy (non-hydrogen) atoms. The fourth-order valence-corrected chi connectivity index (χ4v) is 6.89. The molecule has 5 heterocycles. The number of amides is 3. The van der Waals surface area contributed by atoms with Gasteiger partial charge in [0.1, 0.15) is 17.9 Å². The van der Waals surface area contributed by atoms with Crippen LogP contribution in [0.3, 0.4) is 0 Å². The third-order valence-electron chi connectivity index (χ3n) is 9.11. The minimum Gasteiger partial charge on any atom is -0.489 e. The average molecular weight is 569 g/mol. The van der Waals surface area contributed by atoms with Crippen molar-refractivity contribution in [1.82, 2.24) is 20.1 Å². The molecule has 0 spiro atoms. The van der Waals surface area contributed by atoms with E-state index in [0.29, 0.717) is 30.6 Å². The molecule has 3 saturated heterocycles. The van der Waals surface area contributed by atoms with Crippen LogP contribution in [0.5, 0.6) is 5.75 Å². The number of nitrogens with one attached hydrogen (secondary N) is 1. The summed E-state index contributed by atoms with van der Waals surface area (Å²) in [6.07, 6.45) is 3.95. The Morgan fingerprint density at radius 1 is 1.05 bits per heavy atom. The number of imide groups is 1. The Morgan fingerprint density at radius 3 is 2.81 bits per heavy atom. The Morgan fingerprint density at radius 2 is 1.95 bits per heavy atom. The molecule has 2 aromatic carbocycles. The first-order valence-electron chi connectivity index (χ1n) is 15.1. The number of benzene rings is 2. The second-order valence-corrected chi connectivity index (χ2v) is 12.1. The molecule has 3 fully saturated rings. The molecule has 4 aliphatic heterocycles. The van der Waals surface area contributed by atoms with Crippen LogP contribution in [0, 0.1) is 0 Å². The number of likely N-dealkylation sites (tertiary alicyclic amines) is 1. The van der Waals surface area contributed by atoms with Gasteiger partial charge in [-0.15, -0.1) is 0 Å². The fraction of sp³-hybridized carbons (Fsp3) is 0.455. The number of hydrogen-bond donors (Lipinski definition) is 1. The summed E-state index contributed by atoms with van der Waals surface area (Å²) < 4.78 is 12.1. The van der Waals surface area contributed by atoms with E-state index in [1.807, 2.05) is 12.1 Å². The highest BCUT2D eigenvalue weighted by atomic mass is 16.5. The maximum absolute atomic E-state index is 13.0. The molecule has 9 nitrogen and oxygen atoms in total. The second kappa shape index (κ2) is 11.1. The molecule has 218 valence electrons. The maximum atomic E-state index is 13.0. The van der Waals surface area contributed by atoms with Gasteiger partial charge >= 0.3 is 0 Å². The Balaban J connectivity index is 0.957. The molecule has 2 unspecified atom stereocenters. The van der Waals surface area contributed by atoms with Gasteiger partial charge in [0.15, 0.2) is 0 Å². The van der Waals surface area contributed by atoms with Crippen molar-refractivity contribution < 1.29 is 23.9 Å². The van der Waals surface area contributed by atoms with Gasteiger partial charge in [-0.25, -0.2) is 0 Å². The Bertz CT molecular complexity index is 1560. The molecular weight excluding hydrogens is 532 g/mol. The number of pyridine rings is 1. The van der Waals surface area contributed by atoms with E-state index < -0.39 is 11.9 Å². The van der Waals surface area contributed by atoms with Crippen LogP contribution < -0.4 is 10.1 Å². The van der Waals surface area contributed by atoms with Gasteiger partial charge < -0.3 is 14.4 Å². The van der Waals surface area contributed by atoms with Crippen LogP contribution in [0.4, 0.5) is 0 Å². The van der Waals surface area contributed by atoms with Crippen LogP contribution in [0.25, 0.3) is 10.9 Å². The normalized spacial score (nSPS) is 26.5. The summed E-state index contributed by atoms with van der Waals surface area (Å²) in [5, 5.41) is 3.52. The largest absolute Gasteiger partial charge is 0.489 e. The standard InChI is InChI=1S/C33H36N4O5/c1-20-14-23(11-13-41-20)29-7-3-22-15-21(2-6-28(22)34-29)17-36-12-10-26(19-36)42-25-4-5-27-24(16-25)18-37(33(27)40)30-8-9-31(38)35-32(30)39/h2-7,15-16,20,23,26,30H,8-14,17-19H2,1H3,(H,35,38,39)/t20-,23?,26+,30?/m1/s1. The van der Waals surface area contributed by atoms with Crippen molar-refractivity contribution in [3.8, 4) is 5.75 Å². The number of ether oxygens (including phenoxy) is 2. The van der Waals surface area contributed by atoms with Gasteiger partial charge in [-0.3, -0.25) is 29.6 Å². The minimum absolute atomic E-state index is 0.0675. The predicted molar refractivity (Wildman–Crippen MR) is 156 cm³/mol. The molecule has 4 aliphatic rings. The van der Waals surface area contributed by atoms with Gasteiger partial charge in [-0.1, -0.05) is 12.1 Å². The smallest absolute Gasteiger partial charge is 0.255 e. The maximum Gasteiger partial charge on any atom is 0.255 e. The van der Waals surface area contributed by atoms with Crippen LogP contribution in [0.15, 0.2) is 48.5 Å². The number of piperidine rings is 1. The Kier molecular flexibility index (Phi) is 7.15. The monoisotopic (exact) mass is 568 g/mol. The summed E-state index contributed by atoms with van der Waals surface area (Å²) in [6.45, 7) is 5.93. The Hall–Kier alpha value is -3.82. The van der Waals surface area contributed by atoms with E-state index in [2.05, 4.69) is 47.5 Å². The molecule has 3 aromatic rings. The lowest BCUT2D eigenvalue weighted by Crippen LogP contribution is -2.52. The fourth-order valence-electron chi connectivity index (χ4n) is 6.89. The number of nitrogens with zero attached hydrogens (tertiary/aromatic N) is 3. The molecule has 4 atom stereocenters. The topological polar surface area (TPSA) is 101 Å². The number of carbonyl (C=O) groups is 3. The molecule has 0 bridgehead atoms. The van der Waals surface area contributed by atoms with Crippen molar-refractivity contribution in [1.29, 1.82) is 0 Å². The Labute approximate surface area is 245 Å². The molecule has 1 N–H and O–H groups in total. The van der Waals surface area contributed by atoms with Crippen LogP contribution in [0.2, 0.25) is 0 Å². The molecule has 7 rings (SSSR count). The summed E-state index contributed by atoms with van der Waals surface area (Å²) in [7, 11) is 0. The average Bonchev–Trinajstić information content (AvgIpc) is 3.55. The molecule has 3 amide bonds.